The van der Waals surface area contributed by atoms with Crippen LogP contribution in [0.2, 0.25) is 0 Å². The van der Waals surface area contributed by atoms with E-state index in [-0.39, 0.29) is 0 Å². The highest BCUT2D eigenvalue weighted by molar-refractivity contribution is 5.71. The van der Waals surface area contributed by atoms with E-state index in [2.05, 4.69) is 6.92 Å². The summed E-state index contributed by atoms with van der Waals surface area (Å²) in [7, 11) is 0. The van der Waals surface area contributed by atoms with Gasteiger partial charge in [0.25, 0.3) is 0 Å². The number of carbonyl (C=O) groups is 2. The van der Waals surface area contributed by atoms with Crippen molar-refractivity contribution in [1.82, 2.24) is 0 Å². The first-order valence-corrected chi connectivity index (χ1v) is 7.54. The molecular formula is C15H30O5. The molecule has 0 radical (unpaired) electrons. The van der Waals surface area contributed by atoms with Crippen molar-refractivity contribution in [2.45, 2.75) is 84.2 Å². The molecular weight excluding hydrogens is 260 g/mol. The van der Waals surface area contributed by atoms with Gasteiger partial charge < -0.3 is 15.3 Å². The second-order valence-electron chi connectivity index (χ2n) is 4.99. The quantitative estimate of drug-likeness (QED) is 0.507. The van der Waals surface area contributed by atoms with Gasteiger partial charge in [0.15, 0.2) is 0 Å². The van der Waals surface area contributed by atoms with Crippen LogP contribution in [-0.2, 0) is 9.59 Å². The number of hydrogen-bond acceptors (Lipinski definition) is 3. The molecule has 0 heterocycles. The van der Waals surface area contributed by atoms with Gasteiger partial charge in [0.2, 0.25) is 0 Å². The van der Waals surface area contributed by atoms with E-state index in [1.54, 1.807) is 0 Å². The SMILES string of the molecule is CC(O)C(=O)O.CCCCCCCCCCCC(=O)O. The summed E-state index contributed by atoms with van der Waals surface area (Å²) in [5.41, 5.74) is 0. The minimum atomic E-state index is -1.23. The smallest absolute Gasteiger partial charge is 0.332 e. The van der Waals surface area contributed by atoms with E-state index in [1.165, 1.54) is 51.9 Å². The molecule has 0 aromatic rings. The molecule has 20 heavy (non-hydrogen) atoms. The molecule has 0 aliphatic rings. The third-order valence-electron chi connectivity index (χ3n) is 2.85. The van der Waals surface area contributed by atoms with E-state index in [0.717, 1.165) is 12.8 Å². The minimum absolute atomic E-state index is 0.343. The van der Waals surface area contributed by atoms with E-state index >= 15 is 0 Å². The zero-order chi connectivity index (χ0) is 15.8. The fourth-order valence-electron chi connectivity index (χ4n) is 1.59. The van der Waals surface area contributed by atoms with Crippen molar-refractivity contribution in [2.24, 2.45) is 0 Å². The Balaban J connectivity index is 0. The van der Waals surface area contributed by atoms with Gasteiger partial charge in [-0.3, -0.25) is 4.79 Å². The average molecular weight is 290 g/mol. The van der Waals surface area contributed by atoms with Crippen LogP contribution in [0.4, 0.5) is 0 Å². The zero-order valence-electron chi connectivity index (χ0n) is 12.8. The first-order chi connectivity index (χ1) is 9.41. The van der Waals surface area contributed by atoms with E-state index < -0.39 is 18.0 Å². The number of carboxylic acids is 2. The maximum absolute atomic E-state index is 10.2. The lowest BCUT2D eigenvalue weighted by Gasteiger charge is -2.00. The van der Waals surface area contributed by atoms with Crippen LogP contribution in [0.3, 0.4) is 0 Å². The molecule has 0 aromatic carbocycles. The van der Waals surface area contributed by atoms with Crippen molar-refractivity contribution in [1.29, 1.82) is 0 Å². The van der Waals surface area contributed by atoms with E-state index in [0.29, 0.717) is 6.42 Å². The second kappa shape index (κ2) is 16.0. The fourth-order valence-corrected chi connectivity index (χ4v) is 1.59. The van der Waals surface area contributed by atoms with Gasteiger partial charge in [-0.2, -0.15) is 0 Å². The first kappa shape index (κ1) is 21.2. The predicted octanol–water partition coefficient (Wildman–Crippen LogP) is 3.44. The Labute approximate surface area is 122 Å². The molecule has 5 heteroatoms. The van der Waals surface area contributed by atoms with Crippen LogP contribution in [0.1, 0.15) is 78.1 Å². The number of unbranched alkanes of at least 4 members (excludes halogenated alkanes) is 8. The summed E-state index contributed by atoms with van der Waals surface area (Å²) in [5, 5.41) is 24.2. The van der Waals surface area contributed by atoms with Gasteiger partial charge in [-0.25, -0.2) is 4.79 Å². The van der Waals surface area contributed by atoms with Crippen molar-refractivity contribution < 1.29 is 24.9 Å². The number of aliphatic carboxylic acids is 2. The summed E-state index contributed by atoms with van der Waals surface area (Å²) in [4.78, 5) is 19.7. The van der Waals surface area contributed by atoms with Gasteiger partial charge in [0, 0.05) is 6.42 Å². The molecule has 0 amide bonds. The molecule has 1 atom stereocenters. The van der Waals surface area contributed by atoms with Crippen LogP contribution in [0.15, 0.2) is 0 Å². The topological polar surface area (TPSA) is 94.8 Å². The van der Waals surface area contributed by atoms with Crippen LogP contribution >= 0.6 is 0 Å². The Morgan fingerprint density at radius 3 is 1.50 bits per heavy atom. The lowest BCUT2D eigenvalue weighted by molar-refractivity contribution is -0.145. The van der Waals surface area contributed by atoms with Crippen molar-refractivity contribution in [3.8, 4) is 0 Å². The van der Waals surface area contributed by atoms with Gasteiger partial charge in [-0.05, 0) is 13.3 Å². The summed E-state index contributed by atoms with van der Waals surface area (Å²) in [6.07, 6.45) is 10.2. The van der Waals surface area contributed by atoms with Crippen LogP contribution in [0.5, 0.6) is 0 Å². The highest BCUT2D eigenvalue weighted by Crippen LogP contribution is 2.10. The largest absolute Gasteiger partial charge is 0.481 e. The van der Waals surface area contributed by atoms with Gasteiger partial charge >= 0.3 is 11.9 Å². The molecule has 0 bridgehead atoms. The van der Waals surface area contributed by atoms with E-state index in [4.69, 9.17) is 15.3 Å². The predicted molar refractivity (Wildman–Crippen MR) is 78.8 cm³/mol. The number of carboxylic acid groups (broad SMARTS) is 2. The summed E-state index contributed by atoms with van der Waals surface area (Å²) in [5.74, 6) is -1.84. The second-order valence-corrected chi connectivity index (χ2v) is 4.99. The average Bonchev–Trinajstić information content (AvgIpc) is 2.37. The summed E-state index contributed by atoms with van der Waals surface area (Å²) < 4.78 is 0. The molecule has 0 saturated carbocycles. The Kier molecular flexibility index (Phi) is 16.9. The molecule has 0 fully saturated rings. The van der Waals surface area contributed by atoms with Crippen LogP contribution < -0.4 is 0 Å². The highest BCUT2D eigenvalue weighted by Gasteiger charge is 2.01. The molecule has 0 spiro atoms. The van der Waals surface area contributed by atoms with Crippen molar-refractivity contribution in [2.75, 3.05) is 0 Å². The third kappa shape index (κ3) is 22.1. The number of aliphatic hydroxyl groups is 1. The standard InChI is InChI=1S/C12H24O2.C3H6O3/c1-2-3-4-5-6-7-8-9-10-11-12(13)14;1-2(4)3(5)6/h2-11H2,1H3,(H,13,14);2,4H,1H3,(H,5,6). The van der Waals surface area contributed by atoms with Crippen molar-refractivity contribution in [3.05, 3.63) is 0 Å². The van der Waals surface area contributed by atoms with Crippen LogP contribution in [-0.4, -0.2) is 33.4 Å². The van der Waals surface area contributed by atoms with E-state index in [9.17, 15) is 9.59 Å². The molecule has 0 rings (SSSR count). The van der Waals surface area contributed by atoms with Gasteiger partial charge in [0.05, 0.1) is 0 Å². The normalized spacial score (nSPS) is 11.3. The van der Waals surface area contributed by atoms with Crippen LogP contribution in [0, 0.1) is 0 Å². The van der Waals surface area contributed by atoms with E-state index in [1.807, 2.05) is 0 Å². The third-order valence-corrected chi connectivity index (χ3v) is 2.85. The molecule has 0 aromatic heterocycles. The maximum Gasteiger partial charge on any atom is 0.332 e. The Bertz CT molecular complexity index is 238. The van der Waals surface area contributed by atoms with Gasteiger partial charge in [-0.1, -0.05) is 58.3 Å². The zero-order valence-corrected chi connectivity index (χ0v) is 12.8. The number of rotatable bonds is 11. The maximum atomic E-state index is 10.2. The lowest BCUT2D eigenvalue weighted by Crippen LogP contribution is -2.13. The molecule has 0 saturated heterocycles. The van der Waals surface area contributed by atoms with Crippen LogP contribution in [0.25, 0.3) is 0 Å². The molecule has 1 unspecified atom stereocenters. The summed E-state index contributed by atoms with van der Waals surface area (Å²) in [6.45, 7) is 3.42. The fraction of sp³-hybridized carbons (Fsp3) is 0.867. The van der Waals surface area contributed by atoms with Crippen molar-refractivity contribution in [3.63, 3.8) is 0 Å². The molecule has 5 nitrogen and oxygen atoms in total. The highest BCUT2D eigenvalue weighted by atomic mass is 16.4. The lowest BCUT2D eigenvalue weighted by atomic mass is 10.1. The monoisotopic (exact) mass is 290 g/mol. The Morgan fingerprint density at radius 2 is 1.20 bits per heavy atom. The summed E-state index contributed by atoms with van der Waals surface area (Å²) in [6, 6.07) is 0. The van der Waals surface area contributed by atoms with Gasteiger partial charge in [0.1, 0.15) is 6.10 Å². The van der Waals surface area contributed by atoms with Crippen molar-refractivity contribution >= 4 is 11.9 Å². The molecule has 0 aliphatic heterocycles. The summed E-state index contributed by atoms with van der Waals surface area (Å²) >= 11 is 0. The first-order valence-electron chi connectivity index (χ1n) is 7.54. The van der Waals surface area contributed by atoms with Gasteiger partial charge in [-0.15, -0.1) is 0 Å². The molecule has 120 valence electrons. The minimum Gasteiger partial charge on any atom is -0.481 e. The number of hydrogen-bond donors (Lipinski definition) is 3. The number of aliphatic hydroxyl groups excluding tert-OH is 1. The Hall–Kier alpha value is -1.10. The molecule has 3 N–H and O–H groups in total. The molecule has 0 aliphatic carbocycles. The Morgan fingerprint density at radius 1 is 0.850 bits per heavy atom.